The average Bonchev–Trinajstić information content (AvgIpc) is 3.72. The summed E-state index contributed by atoms with van der Waals surface area (Å²) in [5.41, 5.74) is 3.66. The van der Waals surface area contributed by atoms with E-state index < -0.39 is 23.7 Å². The number of imide groups is 1. The van der Waals surface area contributed by atoms with Crippen LogP contribution in [0.1, 0.15) is 73.9 Å². The quantitative estimate of drug-likeness (QED) is 0.203. The largest absolute Gasteiger partial charge is 0.494 e. The zero-order valence-corrected chi connectivity index (χ0v) is 31.3. The molecular weight excluding hydrogens is 705 g/mol. The molecule has 0 spiro atoms. The standard InChI is InChI=1S/C40H46FN9O5/c1-46(27-15-17-48(18-16-27)32-5-4-6-33-37(32)47(2)40(54)50(33)34-13-14-36(51)44-39(34)53)22-24-7-10-28(11-8-24)49-23-25-19-31(35(55-3)20-30(25)45-49)43-38(52)29-12-9-26(41)21-42-29/h4-6,9,12,19-21,23-24,27-28,34H,7-8,10-11,13-18,22H2,1-3H3,(H,43,52)(H,44,51,53)/t24-,28-,34?. The zero-order chi connectivity index (χ0) is 38.4. The summed E-state index contributed by atoms with van der Waals surface area (Å²) >= 11 is 0. The van der Waals surface area contributed by atoms with Gasteiger partial charge < -0.3 is 19.9 Å². The van der Waals surface area contributed by atoms with E-state index in [2.05, 4.69) is 43.2 Å². The Labute approximate surface area is 317 Å². The van der Waals surface area contributed by atoms with Crippen molar-refractivity contribution < 1.29 is 23.5 Å². The Bertz CT molecular complexity index is 2320. The Morgan fingerprint density at radius 1 is 1.04 bits per heavy atom. The number of hydrogen-bond acceptors (Lipinski definition) is 9. The molecule has 0 bridgehead atoms. The molecule has 2 N–H and O–H groups in total. The smallest absolute Gasteiger partial charge is 0.329 e. The van der Waals surface area contributed by atoms with Gasteiger partial charge in [-0.2, -0.15) is 5.10 Å². The molecule has 1 unspecified atom stereocenters. The molecular formula is C40H46FN9O5. The van der Waals surface area contributed by atoms with Crippen LogP contribution in [0.25, 0.3) is 21.9 Å². The lowest BCUT2D eigenvalue weighted by molar-refractivity contribution is -0.135. The topological polar surface area (TPSA) is 149 Å². The number of nitrogens with one attached hydrogen (secondary N) is 2. The number of para-hydroxylation sites is 1. The van der Waals surface area contributed by atoms with Gasteiger partial charge in [-0.3, -0.25) is 33.5 Å². The number of rotatable bonds is 9. The molecule has 2 aromatic carbocycles. The second kappa shape index (κ2) is 14.9. The van der Waals surface area contributed by atoms with Gasteiger partial charge >= 0.3 is 5.69 Å². The first-order valence-corrected chi connectivity index (χ1v) is 19.1. The van der Waals surface area contributed by atoms with Crippen LogP contribution in [0, 0.1) is 11.7 Å². The van der Waals surface area contributed by atoms with Crippen molar-refractivity contribution in [2.24, 2.45) is 13.0 Å². The fourth-order valence-corrected chi connectivity index (χ4v) is 8.82. The molecule has 2 aliphatic heterocycles. The molecule has 3 fully saturated rings. The number of aryl methyl sites for hydroxylation is 1. The van der Waals surface area contributed by atoms with E-state index >= 15 is 0 Å². The van der Waals surface area contributed by atoms with Crippen LogP contribution in [-0.4, -0.2) is 86.4 Å². The van der Waals surface area contributed by atoms with Gasteiger partial charge in [-0.15, -0.1) is 0 Å². The van der Waals surface area contributed by atoms with Gasteiger partial charge in [-0.1, -0.05) is 6.07 Å². The van der Waals surface area contributed by atoms with Crippen LogP contribution in [0.4, 0.5) is 15.8 Å². The Kier molecular flexibility index (Phi) is 9.88. The molecule has 2 saturated heterocycles. The van der Waals surface area contributed by atoms with Gasteiger partial charge in [0.1, 0.15) is 23.3 Å². The minimum atomic E-state index is -0.704. The number of methoxy groups -OCH3 is 1. The number of carbonyl (C=O) groups excluding carboxylic acids is 3. The monoisotopic (exact) mass is 751 g/mol. The van der Waals surface area contributed by atoms with Crippen LogP contribution < -0.4 is 26.0 Å². The molecule has 3 aromatic heterocycles. The van der Waals surface area contributed by atoms with Crippen molar-refractivity contribution >= 4 is 51.0 Å². The molecule has 1 aliphatic carbocycles. The molecule has 288 valence electrons. The number of piperidine rings is 2. The highest BCUT2D eigenvalue weighted by Crippen LogP contribution is 2.37. The number of halogens is 1. The minimum Gasteiger partial charge on any atom is -0.494 e. The molecule has 14 nitrogen and oxygen atoms in total. The molecule has 15 heteroatoms. The van der Waals surface area contributed by atoms with Gasteiger partial charge in [0.2, 0.25) is 11.8 Å². The van der Waals surface area contributed by atoms with Crippen LogP contribution in [0.3, 0.4) is 0 Å². The van der Waals surface area contributed by atoms with E-state index in [1.807, 2.05) is 30.5 Å². The maximum atomic E-state index is 13.4. The maximum absolute atomic E-state index is 13.4. The lowest BCUT2D eigenvalue weighted by atomic mass is 9.85. The van der Waals surface area contributed by atoms with Crippen molar-refractivity contribution in [3.63, 3.8) is 0 Å². The van der Waals surface area contributed by atoms with Crippen molar-refractivity contribution in [1.82, 2.24) is 34.1 Å². The number of carbonyl (C=O) groups is 3. The van der Waals surface area contributed by atoms with E-state index in [1.165, 1.54) is 12.1 Å². The maximum Gasteiger partial charge on any atom is 0.329 e. The van der Waals surface area contributed by atoms with Gasteiger partial charge in [0.15, 0.2) is 0 Å². The zero-order valence-electron chi connectivity index (χ0n) is 31.3. The number of aromatic nitrogens is 5. The highest BCUT2D eigenvalue weighted by atomic mass is 19.1. The van der Waals surface area contributed by atoms with Gasteiger partial charge in [0.05, 0.1) is 47.3 Å². The number of benzene rings is 2. The molecule has 3 amide bonds. The van der Waals surface area contributed by atoms with Crippen LogP contribution in [-0.2, 0) is 16.6 Å². The second-order valence-corrected chi connectivity index (χ2v) is 15.2. The summed E-state index contributed by atoms with van der Waals surface area (Å²) in [5, 5.41) is 11.0. The van der Waals surface area contributed by atoms with Gasteiger partial charge in [0.25, 0.3) is 5.91 Å². The Balaban J connectivity index is 0.866. The van der Waals surface area contributed by atoms with Crippen molar-refractivity contribution in [2.45, 2.75) is 69.5 Å². The first-order chi connectivity index (χ1) is 26.6. The summed E-state index contributed by atoms with van der Waals surface area (Å²) in [6, 6.07) is 12.2. The number of amides is 3. The summed E-state index contributed by atoms with van der Waals surface area (Å²) in [5.74, 6) is -0.607. The summed E-state index contributed by atoms with van der Waals surface area (Å²) in [7, 11) is 5.54. The van der Waals surface area contributed by atoms with E-state index in [4.69, 9.17) is 9.84 Å². The van der Waals surface area contributed by atoms with Crippen molar-refractivity contribution in [1.29, 1.82) is 0 Å². The predicted octanol–water partition coefficient (Wildman–Crippen LogP) is 4.79. The van der Waals surface area contributed by atoms with Crippen LogP contribution in [0.15, 0.2) is 59.7 Å². The molecule has 8 rings (SSSR count). The van der Waals surface area contributed by atoms with Gasteiger partial charge in [-0.25, -0.2) is 14.2 Å². The van der Waals surface area contributed by atoms with Crippen molar-refractivity contribution in [2.75, 3.05) is 44.0 Å². The lowest BCUT2D eigenvalue weighted by Crippen LogP contribution is -2.45. The van der Waals surface area contributed by atoms with Gasteiger partial charge in [-0.05, 0) is 88.2 Å². The summed E-state index contributed by atoms with van der Waals surface area (Å²) in [6.45, 7) is 2.77. The normalized spacial score (nSPS) is 21.0. The fourth-order valence-electron chi connectivity index (χ4n) is 8.82. The molecule has 1 saturated carbocycles. The number of hydrogen-bond donors (Lipinski definition) is 2. The molecule has 1 atom stereocenters. The second-order valence-electron chi connectivity index (χ2n) is 15.2. The van der Waals surface area contributed by atoms with E-state index in [0.29, 0.717) is 35.3 Å². The molecule has 55 heavy (non-hydrogen) atoms. The molecule has 0 radical (unpaired) electrons. The number of pyridine rings is 1. The Hall–Kier alpha value is -5.57. The van der Waals surface area contributed by atoms with E-state index in [0.717, 1.165) is 86.5 Å². The number of anilines is 2. The summed E-state index contributed by atoms with van der Waals surface area (Å²) < 4.78 is 24.1. The van der Waals surface area contributed by atoms with E-state index in [-0.39, 0.29) is 29.8 Å². The van der Waals surface area contributed by atoms with Crippen molar-refractivity contribution in [3.05, 3.63) is 76.9 Å². The SMILES string of the molecule is COc1cc2nn([C@H]3CC[C@H](CN(C)C4CCN(c5cccc6c5n(C)c(=O)n6C5CCC(=O)NC5=O)CC4)CC3)cc2cc1NC(=O)c1ccc(F)cn1. The van der Waals surface area contributed by atoms with Crippen LogP contribution in [0.2, 0.25) is 0 Å². The fraction of sp³-hybridized carbons (Fsp3) is 0.450. The van der Waals surface area contributed by atoms with Crippen molar-refractivity contribution in [3.8, 4) is 5.75 Å². The third kappa shape index (κ3) is 7.08. The van der Waals surface area contributed by atoms with Crippen LogP contribution in [0.5, 0.6) is 5.75 Å². The molecule has 3 aliphatic rings. The van der Waals surface area contributed by atoms with E-state index in [1.54, 1.807) is 23.3 Å². The molecule has 5 heterocycles. The van der Waals surface area contributed by atoms with Gasteiger partial charge in [0, 0.05) is 56.8 Å². The summed E-state index contributed by atoms with van der Waals surface area (Å²) in [6.07, 6.45) is 9.88. The minimum absolute atomic E-state index is 0.107. The van der Waals surface area contributed by atoms with Crippen LogP contribution >= 0.6 is 0 Å². The lowest BCUT2D eigenvalue weighted by Gasteiger charge is -2.40. The predicted molar refractivity (Wildman–Crippen MR) is 206 cm³/mol. The molecule has 5 aromatic rings. The third-order valence-electron chi connectivity index (χ3n) is 11.8. The summed E-state index contributed by atoms with van der Waals surface area (Å²) in [4.78, 5) is 59.5. The third-order valence-corrected chi connectivity index (χ3v) is 11.8. The number of fused-ring (bicyclic) bond motifs is 2. The Morgan fingerprint density at radius 3 is 2.53 bits per heavy atom. The first-order valence-electron chi connectivity index (χ1n) is 19.1. The number of nitrogens with zero attached hydrogens (tertiary/aromatic N) is 7. The Morgan fingerprint density at radius 2 is 1.82 bits per heavy atom. The first kappa shape index (κ1) is 36.4. The number of imidazole rings is 1. The highest BCUT2D eigenvalue weighted by molar-refractivity contribution is 6.05. The average molecular weight is 752 g/mol. The highest BCUT2D eigenvalue weighted by Gasteiger charge is 2.33. The van der Waals surface area contributed by atoms with E-state index in [9.17, 15) is 23.6 Å². The number of ether oxygens (including phenoxy) is 1.